The molecule has 2 saturated carbocycles. The van der Waals surface area contributed by atoms with Gasteiger partial charge in [-0.3, -0.25) is 0 Å². The number of rotatable bonds is 2. The highest BCUT2D eigenvalue weighted by atomic mass is 32.2. The highest BCUT2D eigenvalue weighted by Gasteiger charge is 2.57. The molecule has 0 aliphatic heterocycles. The van der Waals surface area contributed by atoms with Gasteiger partial charge in [0, 0.05) is 5.25 Å². The monoisotopic (exact) mass is 195 g/mol. The normalized spacial score (nSPS) is 27.8. The van der Waals surface area contributed by atoms with Crippen LogP contribution in [0.2, 0.25) is 0 Å². The van der Waals surface area contributed by atoms with E-state index in [2.05, 4.69) is 19.9 Å². The molecule has 1 nitrogen and oxygen atoms in total. The van der Waals surface area contributed by atoms with E-state index >= 15 is 0 Å². The van der Waals surface area contributed by atoms with E-state index in [0.717, 1.165) is 0 Å². The molecule has 2 aliphatic carbocycles. The predicted molar refractivity (Wildman–Crippen MR) is 56.6 cm³/mol. The first-order valence-electron chi connectivity index (χ1n) is 5.19. The molecule has 0 aromatic carbocycles. The molecule has 0 N–H and O–H groups in total. The molecule has 0 unspecified atom stereocenters. The highest BCUT2D eigenvalue weighted by molar-refractivity contribution is 8.01. The van der Waals surface area contributed by atoms with Gasteiger partial charge >= 0.3 is 0 Å². The Hall–Kier alpha value is -0.160. The standard InChI is InChI=1S/C11H17NS/c1-9(2)13-11(8-12)6-10(7-11)4-3-5-10/h9H,3-7H2,1-2H3. The molecule has 0 aromatic heterocycles. The Bertz CT molecular complexity index is 239. The summed E-state index contributed by atoms with van der Waals surface area (Å²) in [6, 6.07) is 2.53. The van der Waals surface area contributed by atoms with Gasteiger partial charge in [-0.15, -0.1) is 11.8 Å². The average molecular weight is 195 g/mol. The van der Waals surface area contributed by atoms with Crippen molar-refractivity contribution >= 4 is 11.8 Å². The van der Waals surface area contributed by atoms with Gasteiger partial charge in [-0.1, -0.05) is 20.3 Å². The molecule has 2 fully saturated rings. The average Bonchev–Trinajstić information content (AvgIpc) is 1.91. The van der Waals surface area contributed by atoms with Gasteiger partial charge in [0.05, 0.1) is 6.07 Å². The van der Waals surface area contributed by atoms with Crippen LogP contribution in [-0.2, 0) is 0 Å². The van der Waals surface area contributed by atoms with Crippen molar-refractivity contribution in [1.29, 1.82) is 5.26 Å². The van der Waals surface area contributed by atoms with Crippen molar-refractivity contribution in [3.05, 3.63) is 0 Å². The highest BCUT2D eigenvalue weighted by Crippen LogP contribution is 2.65. The summed E-state index contributed by atoms with van der Waals surface area (Å²) in [6.07, 6.45) is 6.50. The topological polar surface area (TPSA) is 23.8 Å². The Labute approximate surface area is 84.9 Å². The molecule has 2 rings (SSSR count). The lowest BCUT2D eigenvalue weighted by atomic mass is 9.52. The third-order valence-corrected chi connectivity index (χ3v) is 4.70. The molecular weight excluding hydrogens is 178 g/mol. The van der Waals surface area contributed by atoms with Crippen LogP contribution in [0.25, 0.3) is 0 Å². The number of nitrogens with zero attached hydrogens (tertiary/aromatic N) is 1. The first-order valence-corrected chi connectivity index (χ1v) is 6.07. The lowest BCUT2D eigenvalue weighted by Gasteiger charge is -2.58. The minimum absolute atomic E-state index is 0.00537. The smallest absolute Gasteiger partial charge is 0.104 e. The molecule has 0 bridgehead atoms. The van der Waals surface area contributed by atoms with Gasteiger partial charge in [-0.2, -0.15) is 5.26 Å². The van der Waals surface area contributed by atoms with Crippen LogP contribution >= 0.6 is 11.8 Å². The zero-order chi connectivity index (χ0) is 9.53. The molecule has 1 spiro atoms. The first kappa shape index (κ1) is 9.40. The zero-order valence-electron chi connectivity index (χ0n) is 8.47. The van der Waals surface area contributed by atoms with Crippen LogP contribution in [-0.4, -0.2) is 10.00 Å². The summed E-state index contributed by atoms with van der Waals surface area (Å²) in [7, 11) is 0. The fourth-order valence-electron chi connectivity index (χ4n) is 2.83. The summed E-state index contributed by atoms with van der Waals surface area (Å²) in [5.74, 6) is 0. The lowest BCUT2D eigenvalue weighted by Crippen LogP contribution is -2.52. The maximum absolute atomic E-state index is 9.17. The molecule has 0 saturated heterocycles. The predicted octanol–water partition coefficient (Wildman–Crippen LogP) is 3.35. The van der Waals surface area contributed by atoms with Gasteiger partial charge in [0.1, 0.15) is 4.75 Å². The minimum Gasteiger partial charge on any atom is -0.197 e. The Morgan fingerprint density at radius 1 is 1.31 bits per heavy atom. The van der Waals surface area contributed by atoms with Crippen LogP contribution in [0.3, 0.4) is 0 Å². The molecule has 0 aromatic rings. The van der Waals surface area contributed by atoms with Gasteiger partial charge in [-0.25, -0.2) is 0 Å². The second kappa shape index (κ2) is 2.92. The van der Waals surface area contributed by atoms with Crippen molar-refractivity contribution in [2.75, 3.05) is 0 Å². The summed E-state index contributed by atoms with van der Waals surface area (Å²) >= 11 is 1.88. The molecule has 72 valence electrons. The Morgan fingerprint density at radius 2 is 1.92 bits per heavy atom. The molecule has 0 radical (unpaired) electrons. The molecule has 2 aliphatic rings. The summed E-state index contributed by atoms with van der Waals surface area (Å²) in [5.41, 5.74) is 0.623. The number of hydrogen-bond acceptors (Lipinski definition) is 2. The maximum atomic E-state index is 9.17. The third kappa shape index (κ3) is 1.48. The Balaban J connectivity index is 1.95. The third-order valence-electron chi connectivity index (χ3n) is 3.40. The van der Waals surface area contributed by atoms with E-state index in [0.29, 0.717) is 10.7 Å². The van der Waals surface area contributed by atoms with Crippen molar-refractivity contribution in [1.82, 2.24) is 0 Å². The van der Waals surface area contributed by atoms with Gasteiger partial charge < -0.3 is 0 Å². The molecule has 0 heterocycles. The SMILES string of the molecule is CC(C)SC1(C#N)CC2(CCC2)C1. The van der Waals surface area contributed by atoms with Crippen LogP contribution in [0.4, 0.5) is 0 Å². The molecule has 0 atom stereocenters. The minimum atomic E-state index is -0.00537. The maximum Gasteiger partial charge on any atom is 0.104 e. The Kier molecular flexibility index (Phi) is 2.11. The number of nitriles is 1. The van der Waals surface area contributed by atoms with Crippen molar-refractivity contribution in [3.8, 4) is 6.07 Å². The van der Waals surface area contributed by atoms with Crippen LogP contribution in [0.5, 0.6) is 0 Å². The summed E-state index contributed by atoms with van der Waals surface area (Å²) in [4.78, 5) is 0. The Morgan fingerprint density at radius 3 is 2.23 bits per heavy atom. The second-order valence-electron chi connectivity index (χ2n) is 4.98. The van der Waals surface area contributed by atoms with Gasteiger partial charge in [0.2, 0.25) is 0 Å². The number of hydrogen-bond donors (Lipinski definition) is 0. The van der Waals surface area contributed by atoms with Crippen molar-refractivity contribution in [3.63, 3.8) is 0 Å². The lowest BCUT2D eigenvalue weighted by molar-refractivity contribution is 0.0151. The van der Waals surface area contributed by atoms with E-state index in [1.54, 1.807) is 0 Å². The van der Waals surface area contributed by atoms with Crippen LogP contribution in [0.15, 0.2) is 0 Å². The van der Waals surface area contributed by atoms with E-state index in [-0.39, 0.29) is 4.75 Å². The van der Waals surface area contributed by atoms with E-state index < -0.39 is 0 Å². The summed E-state index contributed by atoms with van der Waals surface area (Å²) < 4.78 is -0.00537. The van der Waals surface area contributed by atoms with Crippen LogP contribution < -0.4 is 0 Å². The quantitative estimate of drug-likeness (QED) is 0.674. The summed E-state index contributed by atoms with van der Waals surface area (Å²) in [5, 5.41) is 9.76. The molecule has 2 heteroatoms. The van der Waals surface area contributed by atoms with Gasteiger partial charge in [0.25, 0.3) is 0 Å². The molecular formula is C11H17NS. The molecule has 0 amide bonds. The van der Waals surface area contributed by atoms with Gasteiger partial charge in [-0.05, 0) is 31.1 Å². The fourth-order valence-corrected chi connectivity index (χ4v) is 4.56. The second-order valence-corrected chi connectivity index (χ2v) is 6.94. The fraction of sp³-hybridized carbons (Fsp3) is 0.909. The van der Waals surface area contributed by atoms with Crippen LogP contribution in [0, 0.1) is 16.7 Å². The van der Waals surface area contributed by atoms with E-state index in [9.17, 15) is 0 Å². The van der Waals surface area contributed by atoms with E-state index in [1.165, 1.54) is 32.1 Å². The molecule has 13 heavy (non-hydrogen) atoms. The van der Waals surface area contributed by atoms with Crippen LogP contribution in [0.1, 0.15) is 46.0 Å². The van der Waals surface area contributed by atoms with E-state index in [4.69, 9.17) is 5.26 Å². The van der Waals surface area contributed by atoms with Gasteiger partial charge in [0.15, 0.2) is 0 Å². The summed E-state index contributed by atoms with van der Waals surface area (Å²) in [6.45, 7) is 4.38. The van der Waals surface area contributed by atoms with Crippen molar-refractivity contribution in [2.45, 2.75) is 55.9 Å². The first-order chi connectivity index (χ1) is 6.10. The number of thioether (sulfide) groups is 1. The largest absolute Gasteiger partial charge is 0.197 e. The zero-order valence-corrected chi connectivity index (χ0v) is 9.28. The van der Waals surface area contributed by atoms with Crippen molar-refractivity contribution in [2.24, 2.45) is 5.41 Å². The van der Waals surface area contributed by atoms with Crippen molar-refractivity contribution < 1.29 is 0 Å². The van der Waals surface area contributed by atoms with E-state index in [1.807, 2.05) is 11.8 Å².